The maximum Gasteiger partial charge on any atom is 0.415 e. The van der Waals surface area contributed by atoms with Crippen LogP contribution >= 0.6 is 0 Å². The van der Waals surface area contributed by atoms with E-state index in [-0.39, 0.29) is 12.2 Å². The molecule has 2 aliphatic heterocycles. The van der Waals surface area contributed by atoms with Crippen molar-refractivity contribution in [1.29, 1.82) is 5.26 Å². The Hall–Kier alpha value is -3.87. The summed E-state index contributed by atoms with van der Waals surface area (Å²) >= 11 is 0. The van der Waals surface area contributed by atoms with Crippen molar-refractivity contribution >= 4 is 23.5 Å². The molecule has 1 atom stereocenters. The summed E-state index contributed by atoms with van der Waals surface area (Å²) in [6.45, 7) is 2.63. The summed E-state index contributed by atoms with van der Waals surface area (Å²) in [5.41, 5.74) is 6.38. The zero-order valence-electron chi connectivity index (χ0n) is 16.0. The minimum Gasteiger partial charge on any atom is -0.434 e. The highest BCUT2D eigenvalue weighted by molar-refractivity contribution is 5.95. The summed E-state index contributed by atoms with van der Waals surface area (Å²) in [6, 6.07) is 7.95. The molecule has 9 nitrogen and oxygen atoms in total. The highest BCUT2D eigenvalue weighted by Gasteiger charge is 2.36. The summed E-state index contributed by atoms with van der Waals surface area (Å²) in [6.07, 6.45) is 1.94. The van der Waals surface area contributed by atoms with E-state index in [2.05, 4.69) is 16.1 Å². The van der Waals surface area contributed by atoms with Crippen molar-refractivity contribution < 1.29 is 18.7 Å². The zero-order chi connectivity index (χ0) is 21.3. The van der Waals surface area contributed by atoms with Gasteiger partial charge in [0.25, 0.3) is 5.91 Å². The average molecular weight is 410 g/mol. The Morgan fingerprint density at radius 3 is 2.57 bits per heavy atom. The van der Waals surface area contributed by atoms with Crippen LogP contribution in [-0.4, -0.2) is 60.7 Å². The molecule has 3 heterocycles. The van der Waals surface area contributed by atoms with Crippen LogP contribution in [0.1, 0.15) is 0 Å². The van der Waals surface area contributed by atoms with Crippen LogP contribution in [0.25, 0.3) is 11.1 Å². The molecule has 2 amide bonds. The van der Waals surface area contributed by atoms with Crippen molar-refractivity contribution in [2.75, 3.05) is 42.5 Å². The van der Waals surface area contributed by atoms with Gasteiger partial charge in [0.2, 0.25) is 0 Å². The number of rotatable bonds is 4. The first-order chi connectivity index (χ1) is 14.5. The number of ether oxygens (including phenoxy) is 1. The fraction of sp³-hybridized carbons (Fsp3) is 0.300. The molecular formula is C20H19FN6O3. The average Bonchev–Trinajstić information content (AvgIpc) is 3.16. The lowest BCUT2D eigenvalue weighted by atomic mass is 10.1. The molecule has 0 radical (unpaired) electrons. The molecule has 0 bridgehead atoms. The van der Waals surface area contributed by atoms with Gasteiger partial charge in [-0.05, 0) is 30.3 Å². The van der Waals surface area contributed by atoms with Gasteiger partial charge < -0.3 is 20.3 Å². The van der Waals surface area contributed by atoms with Crippen molar-refractivity contribution in [3.05, 3.63) is 42.3 Å². The normalized spacial score (nSPS) is 18.9. The molecule has 2 aliphatic rings. The number of amides is 2. The van der Waals surface area contributed by atoms with Crippen LogP contribution in [0.4, 0.5) is 20.7 Å². The van der Waals surface area contributed by atoms with Gasteiger partial charge in [0, 0.05) is 43.5 Å². The van der Waals surface area contributed by atoms with Crippen LogP contribution in [-0.2, 0) is 9.53 Å². The second kappa shape index (κ2) is 7.87. The molecule has 0 spiro atoms. The fourth-order valence-electron chi connectivity index (χ4n) is 3.50. The Kier molecular flexibility index (Phi) is 5.10. The van der Waals surface area contributed by atoms with Crippen LogP contribution in [0.5, 0.6) is 0 Å². The maximum atomic E-state index is 14.8. The van der Waals surface area contributed by atoms with Crippen molar-refractivity contribution in [3.8, 4) is 17.3 Å². The molecule has 2 N–H and O–H groups in total. The van der Waals surface area contributed by atoms with Crippen LogP contribution in [0.3, 0.4) is 0 Å². The maximum absolute atomic E-state index is 14.8. The molecule has 30 heavy (non-hydrogen) atoms. The molecule has 2 fully saturated rings. The predicted octanol–water partition coefficient (Wildman–Crippen LogP) is 1.30. The van der Waals surface area contributed by atoms with Crippen molar-refractivity contribution in [2.45, 2.75) is 6.10 Å². The monoisotopic (exact) mass is 410 g/mol. The SMILES string of the molecule is N#CN1CCN(c2ccc(-c3ccc(N4C[C@H](C(N)=O)OC4=O)cc3F)cn2)CC1. The third-order valence-corrected chi connectivity index (χ3v) is 5.20. The number of piperazine rings is 1. The van der Waals surface area contributed by atoms with Gasteiger partial charge in [0.05, 0.1) is 12.2 Å². The van der Waals surface area contributed by atoms with E-state index in [4.69, 9.17) is 15.7 Å². The summed E-state index contributed by atoms with van der Waals surface area (Å²) in [7, 11) is 0. The minimum absolute atomic E-state index is 0.0533. The topological polar surface area (TPSA) is 116 Å². The van der Waals surface area contributed by atoms with Crippen molar-refractivity contribution in [2.24, 2.45) is 5.73 Å². The van der Waals surface area contributed by atoms with Gasteiger partial charge in [0.15, 0.2) is 12.3 Å². The number of cyclic esters (lactones) is 1. The molecule has 10 heteroatoms. The van der Waals surface area contributed by atoms with E-state index in [1.165, 1.54) is 11.0 Å². The number of carbonyl (C=O) groups is 2. The molecule has 1 aromatic carbocycles. The Morgan fingerprint density at radius 1 is 1.23 bits per heavy atom. The first-order valence-corrected chi connectivity index (χ1v) is 9.39. The minimum atomic E-state index is -1.05. The van der Waals surface area contributed by atoms with E-state index < -0.39 is 23.9 Å². The van der Waals surface area contributed by atoms with E-state index in [0.29, 0.717) is 37.3 Å². The van der Waals surface area contributed by atoms with Crippen LogP contribution in [0.2, 0.25) is 0 Å². The van der Waals surface area contributed by atoms with Gasteiger partial charge in [-0.3, -0.25) is 9.69 Å². The Balaban J connectivity index is 1.49. The molecule has 2 saturated heterocycles. The standard InChI is InChI=1S/C20H19FN6O3/c21-16-9-14(27-11-17(19(23)28)30-20(27)29)2-3-15(16)13-1-4-18(24-10-13)26-7-5-25(12-22)6-8-26/h1-4,9-10,17H,5-8,11H2,(H2,23,28)/t17-/m1/s1. The summed E-state index contributed by atoms with van der Waals surface area (Å²) < 4.78 is 19.6. The third-order valence-electron chi connectivity index (χ3n) is 5.20. The van der Waals surface area contributed by atoms with Crippen LogP contribution in [0, 0.1) is 17.3 Å². The number of anilines is 2. The van der Waals surface area contributed by atoms with Gasteiger partial charge >= 0.3 is 6.09 Å². The largest absolute Gasteiger partial charge is 0.434 e. The second-order valence-corrected chi connectivity index (χ2v) is 7.03. The van der Waals surface area contributed by atoms with Crippen LogP contribution in [0.15, 0.2) is 36.5 Å². The predicted molar refractivity (Wildman–Crippen MR) is 106 cm³/mol. The Morgan fingerprint density at radius 2 is 2.00 bits per heavy atom. The number of hydrogen-bond donors (Lipinski definition) is 1. The quantitative estimate of drug-likeness (QED) is 0.756. The number of nitrogens with two attached hydrogens (primary N) is 1. The number of hydrogen-bond acceptors (Lipinski definition) is 7. The van der Waals surface area contributed by atoms with E-state index in [9.17, 15) is 14.0 Å². The van der Waals surface area contributed by atoms with E-state index in [1.54, 1.807) is 29.3 Å². The number of carbonyl (C=O) groups excluding carboxylic acids is 2. The Labute approximate surface area is 172 Å². The Bertz CT molecular complexity index is 1010. The van der Waals surface area contributed by atoms with E-state index in [1.807, 2.05) is 6.07 Å². The molecule has 2 aromatic rings. The fourth-order valence-corrected chi connectivity index (χ4v) is 3.50. The van der Waals surface area contributed by atoms with Gasteiger partial charge in [-0.25, -0.2) is 14.2 Å². The number of nitrogens with zero attached hydrogens (tertiary/aromatic N) is 5. The van der Waals surface area contributed by atoms with Gasteiger partial charge in [-0.1, -0.05) is 0 Å². The highest BCUT2D eigenvalue weighted by Crippen LogP contribution is 2.29. The van der Waals surface area contributed by atoms with Crippen molar-refractivity contribution in [3.63, 3.8) is 0 Å². The zero-order valence-corrected chi connectivity index (χ0v) is 16.0. The number of pyridine rings is 1. The smallest absolute Gasteiger partial charge is 0.415 e. The second-order valence-electron chi connectivity index (χ2n) is 7.03. The first kappa shape index (κ1) is 19.4. The lowest BCUT2D eigenvalue weighted by molar-refractivity contribution is -0.124. The van der Waals surface area contributed by atoms with Gasteiger partial charge in [-0.2, -0.15) is 5.26 Å². The van der Waals surface area contributed by atoms with Crippen LogP contribution < -0.4 is 15.5 Å². The van der Waals surface area contributed by atoms with Crippen molar-refractivity contribution in [1.82, 2.24) is 9.88 Å². The summed E-state index contributed by atoms with van der Waals surface area (Å²) in [5.74, 6) is -0.506. The number of benzene rings is 1. The molecule has 0 saturated carbocycles. The van der Waals surface area contributed by atoms with E-state index in [0.717, 1.165) is 5.82 Å². The molecule has 4 rings (SSSR count). The number of nitriles is 1. The van der Waals surface area contributed by atoms with Gasteiger partial charge in [-0.15, -0.1) is 0 Å². The van der Waals surface area contributed by atoms with Gasteiger partial charge in [0.1, 0.15) is 11.6 Å². The first-order valence-electron chi connectivity index (χ1n) is 9.39. The lowest BCUT2D eigenvalue weighted by Crippen LogP contribution is -2.44. The lowest BCUT2D eigenvalue weighted by Gasteiger charge is -2.32. The molecule has 0 unspecified atom stereocenters. The van der Waals surface area contributed by atoms with E-state index >= 15 is 0 Å². The summed E-state index contributed by atoms with van der Waals surface area (Å²) in [4.78, 5) is 32.5. The summed E-state index contributed by atoms with van der Waals surface area (Å²) in [5, 5.41) is 8.93. The molecule has 0 aliphatic carbocycles. The number of halogens is 1. The number of aromatic nitrogens is 1. The third kappa shape index (κ3) is 3.69. The molecular weight excluding hydrogens is 391 g/mol. The molecule has 154 valence electrons. The molecule has 1 aromatic heterocycles. The number of primary amides is 1. The highest BCUT2D eigenvalue weighted by atomic mass is 19.1.